The van der Waals surface area contributed by atoms with E-state index in [4.69, 9.17) is 10.8 Å². The maximum absolute atomic E-state index is 12.4. The summed E-state index contributed by atoms with van der Waals surface area (Å²) in [6.07, 6.45) is 3.92. The van der Waals surface area contributed by atoms with Gasteiger partial charge in [0, 0.05) is 25.6 Å². The lowest BCUT2D eigenvalue weighted by molar-refractivity contribution is -0.155. The zero-order valence-electron chi connectivity index (χ0n) is 10.9. The van der Waals surface area contributed by atoms with Crippen molar-refractivity contribution in [3.8, 4) is 0 Å². The van der Waals surface area contributed by atoms with E-state index in [0.717, 1.165) is 25.7 Å². The summed E-state index contributed by atoms with van der Waals surface area (Å²) in [7, 11) is 0. The molecule has 0 aromatic heterocycles. The minimum Gasteiger partial charge on any atom is -0.481 e. The van der Waals surface area contributed by atoms with Crippen LogP contribution in [0.4, 0.5) is 0 Å². The number of aliphatic carboxylic acids is 1. The van der Waals surface area contributed by atoms with Crippen LogP contribution in [0.1, 0.15) is 32.6 Å². The van der Waals surface area contributed by atoms with E-state index in [1.165, 1.54) is 0 Å². The predicted octanol–water partition coefficient (Wildman–Crippen LogP) is 0.685. The molecule has 2 aliphatic rings. The summed E-state index contributed by atoms with van der Waals surface area (Å²) in [4.78, 5) is 25.1. The molecule has 5 nitrogen and oxygen atoms in total. The average molecular weight is 254 g/mol. The molecule has 1 saturated heterocycles. The van der Waals surface area contributed by atoms with Gasteiger partial charge in [0.15, 0.2) is 0 Å². The highest BCUT2D eigenvalue weighted by Crippen LogP contribution is 2.40. The summed E-state index contributed by atoms with van der Waals surface area (Å²) in [6.45, 7) is 3.28. The number of nitrogens with two attached hydrogens (primary N) is 1. The van der Waals surface area contributed by atoms with E-state index in [9.17, 15) is 9.59 Å². The minimum atomic E-state index is -0.776. The van der Waals surface area contributed by atoms with Crippen molar-refractivity contribution in [3.05, 3.63) is 0 Å². The first-order chi connectivity index (χ1) is 8.50. The van der Waals surface area contributed by atoms with Gasteiger partial charge in [-0.2, -0.15) is 0 Å². The fourth-order valence-corrected chi connectivity index (χ4v) is 3.09. The third-order valence-corrected chi connectivity index (χ3v) is 4.70. The van der Waals surface area contributed by atoms with Crippen LogP contribution in [0.2, 0.25) is 0 Å². The van der Waals surface area contributed by atoms with Gasteiger partial charge in [-0.15, -0.1) is 0 Å². The molecule has 0 spiro atoms. The Balaban J connectivity index is 1.92. The van der Waals surface area contributed by atoms with Crippen LogP contribution in [0.5, 0.6) is 0 Å². The smallest absolute Gasteiger partial charge is 0.306 e. The van der Waals surface area contributed by atoms with E-state index in [0.29, 0.717) is 19.6 Å². The van der Waals surface area contributed by atoms with E-state index in [1.54, 1.807) is 11.8 Å². The summed E-state index contributed by atoms with van der Waals surface area (Å²) in [6, 6.07) is 0. The molecule has 1 aliphatic heterocycles. The third kappa shape index (κ3) is 2.11. The Morgan fingerprint density at radius 1 is 1.39 bits per heavy atom. The van der Waals surface area contributed by atoms with Crippen molar-refractivity contribution in [2.45, 2.75) is 32.6 Å². The number of carbonyl (C=O) groups excluding carboxylic acids is 1. The number of hydrogen-bond donors (Lipinski definition) is 2. The molecule has 1 aliphatic carbocycles. The van der Waals surface area contributed by atoms with Gasteiger partial charge in [0.1, 0.15) is 0 Å². The molecule has 0 radical (unpaired) electrons. The van der Waals surface area contributed by atoms with E-state index in [1.807, 2.05) is 0 Å². The Hall–Kier alpha value is -1.10. The second-order valence-electron chi connectivity index (χ2n) is 5.79. The van der Waals surface area contributed by atoms with Gasteiger partial charge in [-0.1, -0.05) is 19.8 Å². The van der Waals surface area contributed by atoms with Gasteiger partial charge in [0.05, 0.1) is 11.3 Å². The van der Waals surface area contributed by atoms with Crippen molar-refractivity contribution in [2.75, 3.05) is 19.6 Å². The summed E-state index contributed by atoms with van der Waals surface area (Å²) in [5.74, 6) is -0.896. The van der Waals surface area contributed by atoms with Gasteiger partial charge >= 0.3 is 5.97 Å². The van der Waals surface area contributed by atoms with Gasteiger partial charge in [0.2, 0.25) is 5.91 Å². The molecular formula is C13H22N2O3. The number of likely N-dealkylation sites (tertiary alicyclic amines) is 1. The second kappa shape index (κ2) is 4.88. The Kier molecular flexibility index (Phi) is 3.61. The molecule has 0 bridgehead atoms. The monoisotopic (exact) mass is 254 g/mol. The van der Waals surface area contributed by atoms with Crippen molar-refractivity contribution in [1.82, 2.24) is 4.90 Å². The van der Waals surface area contributed by atoms with Crippen molar-refractivity contribution in [2.24, 2.45) is 23.0 Å². The fraction of sp³-hybridized carbons (Fsp3) is 0.846. The molecule has 102 valence electrons. The predicted molar refractivity (Wildman–Crippen MR) is 66.8 cm³/mol. The molecule has 1 unspecified atom stereocenters. The summed E-state index contributed by atoms with van der Waals surface area (Å²) >= 11 is 0. The highest BCUT2D eigenvalue weighted by atomic mass is 16.4. The van der Waals surface area contributed by atoms with Crippen molar-refractivity contribution in [3.63, 3.8) is 0 Å². The first-order valence-corrected chi connectivity index (χ1v) is 6.72. The molecule has 1 amide bonds. The lowest BCUT2D eigenvalue weighted by atomic mass is 9.80. The van der Waals surface area contributed by atoms with Gasteiger partial charge in [-0.05, 0) is 12.8 Å². The van der Waals surface area contributed by atoms with Crippen LogP contribution in [0.15, 0.2) is 0 Å². The normalized spacial score (nSPS) is 24.7. The van der Waals surface area contributed by atoms with Gasteiger partial charge < -0.3 is 15.7 Å². The quantitative estimate of drug-likeness (QED) is 0.773. The molecule has 0 aromatic carbocycles. The summed E-state index contributed by atoms with van der Waals surface area (Å²) in [5.41, 5.74) is 5.44. The van der Waals surface area contributed by atoms with Gasteiger partial charge in [-0.3, -0.25) is 9.59 Å². The minimum absolute atomic E-state index is 0.0997. The van der Waals surface area contributed by atoms with E-state index >= 15 is 0 Å². The molecule has 2 rings (SSSR count). The standard InChI is InChI=1S/C13H22N2O3/c1-9(11(16)17)10-6-15(7-10)12(18)13(8-14)4-2-3-5-13/h9-10H,2-8,14H2,1H3,(H,16,17). The number of amides is 1. The number of carboxylic acid groups (broad SMARTS) is 1. The second-order valence-corrected chi connectivity index (χ2v) is 5.79. The molecule has 5 heteroatoms. The van der Waals surface area contributed by atoms with Crippen LogP contribution in [0.3, 0.4) is 0 Å². The lowest BCUT2D eigenvalue weighted by Gasteiger charge is -2.45. The molecule has 3 N–H and O–H groups in total. The third-order valence-electron chi connectivity index (χ3n) is 4.70. The SMILES string of the molecule is CC(C(=O)O)C1CN(C(=O)C2(CN)CCCC2)C1. The maximum atomic E-state index is 12.4. The van der Waals surface area contributed by atoms with Crippen LogP contribution in [-0.4, -0.2) is 41.5 Å². The number of nitrogens with zero attached hydrogens (tertiary/aromatic N) is 1. The molecule has 1 heterocycles. The highest BCUT2D eigenvalue weighted by molar-refractivity contribution is 5.84. The fourth-order valence-electron chi connectivity index (χ4n) is 3.09. The first-order valence-electron chi connectivity index (χ1n) is 6.72. The summed E-state index contributed by atoms with van der Waals surface area (Å²) < 4.78 is 0. The van der Waals surface area contributed by atoms with Crippen LogP contribution in [0.25, 0.3) is 0 Å². The molecular weight excluding hydrogens is 232 g/mol. The molecule has 0 aromatic rings. The molecule has 1 atom stereocenters. The highest BCUT2D eigenvalue weighted by Gasteiger charge is 2.46. The largest absolute Gasteiger partial charge is 0.481 e. The maximum Gasteiger partial charge on any atom is 0.306 e. The van der Waals surface area contributed by atoms with Gasteiger partial charge in [0.25, 0.3) is 0 Å². The number of carbonyl (C=O) groups is 2. The van der Waals surface area contributed by atoms with Crippen molar-refractivity contribution in [1.29, 1.82) is 0 Å². The van der Waals surface area contributed by atoms with Crippen LogP contribution in [0, 0.1) is 17.3 Å². The zero-order chi connectivity index (χ0) is 13.3. The van der Waals surface area contributed by atoms with E-state index in [2.05, 4.69) is 0 Å². The van der Waals surface area contributed by atoms with E-state index < -0.39 is 5.97 Å². The molecule has 1 saturated carbocycles. The Morgan fingerprint density at radius 2 is 1.94 bits per heavy atom. The van der Waals surface area contributed by atoms with Crippen molar-refractivity contribution >= 4 is 11.9 Å². The van der Waals surface area contributed by atoms with Crippen LogP contribution >= 0.6 is 0 Å². The number of rotatable bonds is 4. The van der Waals surface area contributed by atoms with Crippen LogP contribution < -0.4 is 5.73 Å². The zero-order valence-corrected chi connectivity index (χ0v) is 10.9. The Morgan fingerprint density at radius 3 is 2.39 bits per heavy atom. The van der Waals surface area contributed by atoms with E-state index in [-0.39, 0.29) is 23.2 Å². The average Bonchev–Trinajstić information content (AvgIpc) is 2.76. The molecule has 2 fully saturated rings. The Bertz CT molecular complexity index is 344. The van der Waals surface area contributed by atoms with Crippen LogP contribution in [-0.2, 0) is 9.59 Å². The Labute approximate surface area is 107 Å². The summed E-state index contributed by atoms with van der Waals surface area (Å²) in [5, 5.41) is 8.93. The van der Waals surface area contributed by atoms with Gasteiger partial charge in [-0.25, -0.2) is 0 Å². The number of hydrogen-bond acceptors (Lipinski definition) is 3. The number of carboxylic acids is 1. The van der Waals surface area contributed by atoms with Crippen molar-refractivity contribution < 1.29 is 14.7 Å². The molecule has 18 heavy (non-hydrogen) atoms. The first kappa shape index (κ1) is 13.3. The lowest BCUT2D eigenvalue weighted by Crippen LogP contribution is -2.58. The topological polar surface area (TPSA) is 83.6 Å².